The Balaban J connectivity index is 2.01. The maximum absolute atomic E-state index is 11.6. The maximum atomic E-state index is 11.6. The predicted octanol–water partition coefficient (Wildman–Crippen LogP) is 2.99. The molecule has 0 amide bonds. The van der Waals surface area contributed by atoms with Gasteiger partial charge in [0.05, 0.1) is 18.7 Å². The molecule has 0 aliphatic heterocycles. The molecule has 0 fully saturated rings. The fraction of sp³-hybridized carbons (Fsp3) is 0.273. The van der Waals surface area contributed by atoms with Crippen LogP contribution in [0.25, 0.3) is 0 Å². The standard InChI is InChI=1S/C11H12N2O2S2/c1-2-15-11(14)9-10(17-7-13-9)12-6-8-4-3-5-16-8/h3-5,7,12H,2,6H2,1H3. The van der Waals surface area contributed by atoms with Gasteiger partial charge < -0.3 is 10.1 Å². The van der Waals surface area contributed by atoms with Crippen molar-refractivity contribution in [3.05, 3.63) is 33.6 Å². The fourth-order valence-electron chi connectivity index (χ4n) is 1.30. The second kappa shape index (κ2) is 5.79. The third kappa shape index (κ3) is 3.04. The number of hydrogen-bond acceptors (Lipinski definition) is 6. The highest BCUT2D eigenvalue weighted by Crippen LogP contribution is 2.22. The fourth-order valence-corrected chi connectivity index (χ4v) is 2.61. The lowest BCUT2D eigenvalue weighted by Crippen LogP contribution is -2.08. The molecule has 0 aliphatic rings. The smallest absolute Gasteiger partial charge is 0.360 e. The zero-order chi connectivity index (χ0) is 12.1. The monoisotopic (exact) mass is 268 g/mol. The van der Waals surface area contributed by atoms with Crippen molar-refractivity contribution in [2.45, 2.75) is 13.5 Å². The number of nitrogens with zero attached hydrogens (tertiary/aromatic N) is 1. The summed E-state index contributed by atoms with van der Waals surface area (Å²) >= 11 is 3.08. The summed E-state index contributed by atoms with van der Waals surface area (Å²) in [6, 6.07) is 4.04. The summed E-state index contributed by atoms with van der Waals surface area (Å²) in [4.78, 5) is 16.8. The van der Waals surface area contributed by atoms with Gasteiger partial charge in [0.1, 0.15) is 5.00 Å². The van der Waals surface area contributed by atoms with Crippen LogP contribution in [0.1, 0.15) is 22.3 Å². The van der Waals surface area contributed by atoms with E-state index in [0.717, 1.165) is 5.00 Å². The first-order valence-electron chi connectivity index (χ1n) is 5.18. The summed E-state index contributed by atoms with van der Waals surface area (Å²) in [6.07, 6.45) is 0. The number of rotatable bonds is 5. The van der Waals surface area contributed by atoms with E-state index in [1.807, 2.05) is 17.5 Å². The predicted molar refractivity (Wildman–Crippen MR) is 69.7 cm³/mol. The van der Waals surface area contributed by atoms with Gasteiger partial charge >= 0.3 is 5.97 Å². The number of carbonyl (C=O) groups is 1. The van der Waals surface area contributed by atoms with Crippen LogP contribution in [0.3, 0.4) is 0 Å². The Labute approximate surface area is 107 Å². The highest BCUT2D eigenvalue weighted by molar-refractivity contribution is 7.14. The number of thiazole rings is 1. The number of ether oxygens (including phenoxy) is 1. The molecule has 0 spiro atoms. The molecule has 1 N–H and O–H groups in total. The number of aromatic nitrogens is 1. The highest BCUT2D eigenvalue weighted by atomic mass is 32.1. The van der Waals surface area contributed by atoms with E-state index in [0.29, 0.717) is 18.8 Å². The molecule has 2 heterocycles. The highest BCUT2D eigenvalue weighted by Gasteiger charge is 2.15. The molecule has 0 radical (unpaired) electrons. The molecule has 0 bridgehead atoms. The summed E-state index contributed by atoms with van der Waals surface area (Å²) < 4.78 is 4.93. The lowest BCUT2D eigenvalue weighted by molar-refractivity contribution is 0.0521. The van der Waals surface area contributed by atoms with Crippen LogP contribution in [0.2, 0.25) is 0 Å². The largest absolute Gasteiger partial charge is 0.461 e. The topological polar surface area (TPSA) is 51.2 Å². The number of nitrogens with one attached hydrogen (secondary N) is 1. The molecular formula is C11H12N2O2S2. The number of carbonyl (C=O) groups excluding carboxylic acids is 1. The zero-order valence-corrected chi connectivity index (χ0v) is 10.9. The third-order valence-electron chi connectivity index (χ3n) is 2.04. The van der Waals surface area contributed by atoms with E-state index in [-0.39, 0.29) is 5.97 Å². The second-order valence-electron chi connectivity index (χ2n) is 3.18. The first-order chi connectivity index (χ1) is 8.31. The van der Waals surface area contributed by atoms with Gasteiger partial charge in [0.2, 0.25) is 0 Å². The van der Waals surface area contributed by atoms with E-state index in [1.165, 1.54) is 16.2 Å². The first kappa shape index (κ1) is 12.1. The lowest BCUT2D eigenvalue weighted by Gasteiger charge is -2.04. The van der Waals surface area contributed by atoms with E-state index >= 15 is 0 Å². The van der Waals surface area contributed by atoms with Gasteiger partial charge in [0, 0.05) is 4.88 Å². The summed E-state index contributed by atoms with van der Waals surface area (Å²) in [5.41, 5.74) is 2.01. The Kier molecular flexibility index (Phi) is 4.11. The Morgan fingerprint density at radius 3 is 3.12 bits per heavy atom. The molecule has 2 aromatic rings. The van der Waals surface area contributed by atoms with E-state index in [2.05, 4.69) is 10.3 Å². The lowest BCUT2D eigenvalue weighted by atomic mass is 10.4. The Morgan fingerprint density at radius 2 is 2.41 bits per heavy atom. The Hall–Kier alpha value is -1.40. The zero-order valence-electron chi connectivity index (χ0n) is 9.30. The maximum Gasteiger partial charge on any atom is 0.360 e. The third-order valence-corrected chi connectivity index (χ3v) is 3.70. The molecular weight excluding hydrogens is 256 g/mol. The minimum absolute atomic E-state index is 0.362. The molecule has 0 aliphatic carbocycles. The average Bonchev–Trinajstić information content (AvgIpc) is 2.98. The molecule has 0 aromatic carbocycles. The van der Waals surface area contributed by atoms with Crippen LogP contribution in [-0.2, 0) is 11.3 Å². The van der Waals surface area contributed by atoms with E-state index in [9.17, 15) is 4.79 Å². The molecule has 2 rings (SSSR count). The molecule has 90 valence electrons. The Morgan fingerprint density at radius 1 is 1.53 bits per heavy atom. The van der Waals surface area contributed by atoms with Crippen LogP contribution < -0.4 is 5.32 Å². The van der Waals surface area contributed by atoms with Crippen LogP contribution in [0.5, 0.6) is 0 Å². The molecule has 0 atom stereocenters. The van der Waals surface area contributed by atoms with Gasteiger partial charge in [0.15, 0.2) is 5.69 Å². The van der Waals surface area contributed by atoms with E-state index in [1.54, 1.807) is 23.8 Å². The van der Waals surface area contributed by atoms with Gasteiger partial charge in [-0.1, -0.05) is 6.07 Å². The van der Waals surface area contributed by atoms with Gasteiger partial charge in [-0.2, -0.15) is 0 Å². The Bertz CT molecular complexity index is 479. The van der Waals surface area contributed by atoms with Crippen LogP contribution in [0, 0.1) is 0 Å². The first-order valence-corrected chi connectivity index (χ1v) is 6.94. The van der Waals surface area contributed by atoms with Gasteiger partial charge in [-0.05, 0) is 18.4 Å². The van der Waals surface area contributed by atoms with Crippen LogP contribution >= 0.6 is 22.7 Å². The molecule has 6 heteroatoms. The number of thiophene rings is 1. The summed E-state index contributed by atoms with van der Waals surface area (Å²) in [7, 11) is 0. The normalized spacial score (nSPS) is 10.2. The van der Waals surface area contributed by atoms with Crippen molar-refractivity contribution in [3.63, 3.8) is 0 Å². The molecule has 2 aromatic heterocycles. The molecule has 0 saturated carbocycles. The van der Waals surface area contributed by atoms with Gasteiger partial charge in [-0.25, -0.2) is 9.78 Å². The van der Waals surface area contributed by atoms with Crippen molar-refractivity contribution in [1.82, 2.24) is 4.98 Å². The number of hydrogen-bond donors (Lipinski definition) is 1. The van der Waals surface area contributed by atoms with E-state index < -0.39 is 0 Å². The average molecular weight is 268 g/mol. The summed E-state index contributed by atoms with van der Waals surface area (Å²) in [5, 5.41) is 5.99. The quantitative estimate of drug-likeness (QED) is 0.847. The van der Waals surface area contributed by atoms with E-state index in [4.69, 9.17) is 4.74 Å². The number of esters is 1. The van der Waals surface area contributed by atoms with Crippen molar-refractivity contribution in [2.75, 3.05) is 11.9 Å². The summed E-state index contributed by atoms with van der Waals surface area (Å²) in [5.74, 6) is -0.373. The van der Waals surface area contributed by atoms with Crippen molar-refractivity contribution in [3.8, 4) is 0 Å². The minimum atomic E-state index is -0.373. The van der Waals surface area contributed by atoms with Crippen LogP contribution in [-0.4, -0.2) is 17.6 Å². The van der Waals surface area contributed by atoms with Crippen molar-refractivity contribution < 1.29 is 9.53 Å². The van der Waals surface area contributed by atoms with Crippen molar-refractivity contribution >= 4 is 33.6 Å². The number of anilines is 1. The van der Waals surface area contributed by atoms with Crippen molar-refractivity contribution in [1.29, 1.82) is 0 Å². The molecule has 17 heavy (non-hydrogen) atoms. The SMILES string of the molecule is CCOC(=O)c1ncsc1NCc1cccs1. The molecule has 0 unspecified atom stereocenters. The van der Waals surface area contributed by atoms with Gasteiger partial charge in [-0.15, -0.1) is 22.7 Å². The van der Waals surface area contributed by atoms with Gasteiger partial charge in [-0.3, -0.25) is 0 Å². The molecule has 4 nitrogen and oxygen atoms in total. The van der Waals surface area contributed by atoms with Crippen LogP contribution in [0.4, 0.5) is 5.00 Å². The summed E-state index contributed by atoms with van der Waals surface area (Å²) in [6.45, 7) is 2.84. The van der Waals surface area contributed by atoms with Crippen molar-refractivity contribution in [2.24, 2.45) is 0 Å². The minimum Gasteiger partial charge on any atom is -0.461 e. The molecule has 0 saturated heterocycles. The van der Waals surface area contributed by atoms with Crippen LogP contribution in [0.15, 0.2) is 23.0 Å². The van der Waals surface area contributed by atoms with Gasteiger partial charge in [0.25, 0.3) is 0 Å². The second-order valence-corrected chi connectivity index (χ2v) is 5.07.